The first-order chi connectivity index (χ1) is 12.7. The summed E-state index contributed by atoms with van der Waals surface area (Å²) < 4.78 is 5.73. The highest BCUT2D eigenvalue weighted by atomic mass is 32.1. The Labute approximate surface area is 158 Å². The third-order valence-electron chi connectivity index (χ3n) is 4.76. The maximum atomic E-state index is 9.47. The van der Waals surface area contributed by atoms with Crippen molar-refractivity contribution in [3.05, 3.63) is 65.2 Å². The van der Waals surface area contributed by atoms with Crippen molar-refractivity contribution in [3.8, 4) is 32.7 Å². The number of rotatable bonds is 4. The molecule has 0 bridgehead atoms. The number of thiophene rings is 1. The minimum absolute atomic E-state index is 0.0569. The van der Waals surface area contributed by atoms with Gasteiger partial charge in [-0.3, -0.25) is 0 Å². The number of hydrogen-bond acceptors (Lipinski definition) is 3. The molecule has 0 fully saturated rings. The van der Waals surface area contributed by atoms with Crippen molar-refractivity contribution in [1.82, 2.24) is 0 Å². The Morgan fingerprint density at radius 2 is 1.88 bits per heavy atom. The highest BCUT2D eigenvalue weighted by molar-refractivity contribution is 7.18. The highest BCUT2D eigenvalue weighted by Gasteiger charge is 2.17. The predicted molar refractivity (Wildman–Crippen MR) is 108 cm³/mol. The van der Waals surface area contributed by atoms with Crippen LogP contribution < -0.4 is 4.74 Å². The molecular formula is C23H21NOS. The van der Waals surface area contributed by atoms with E-state index in [4.69, 9.17) is 4.74 Å². The van der Waals surface area contributed by atoms with Crippen LogP contribution in [-0.2, 0) is 12.8 Å². The molecular weight excluding hydrogens is 338 g/mol. The lowest BCUT2D eigenvalue weighted by Gasteiger charge is -2.11. The summed E-state index contributed by atoms with van der Waals surface area (Å²) in [6, 6.07) is 19.2. The average molecular weight is 359 g/mol. The molecule has 4 rings (SSSR count). The van der Waals surface area contributed by atoms with Crippen LogP contribution in [0.4, 0.5) is 0 Å². The Morgan fingerprint density at radius 1 is 1.04 bits per heavy atom. The van der Waals surface area contributed by atoms with Gasteiger partial charge in [-0.1, -0.05) is 18.2 Å². The van der Waals surface area contributed by atoms with Gasteiger partial charge < -0.3 is 4.74 Å². The number of benzene rings is 2. The van der Waals surface area contributed by atoms with E-state index in [1.54, 1.807) is 11.3 Å². The molecule has 0 unspecified atom stereocenters. The maximum absolute atomic E-state index is 9.47. The fourth-order valence-corrected chi connectivity index (χ4v) is 4.67. The van der Waals surface area contributed by atoms with Gasteiger partial charge in [0.2, 0.25) is 0 Å². The van der Waals surface area contributed by atoms with Gasteiger partial charge in [0.05, 0.1) is 11.7 Å². The van der Waals surface area contributed by atoms with Gasteiger partial charge in [-0.05, 0) is 85.7 Å². The van der Waals surface area contributed by atoms with Gasteiger partial charge in [0.15, 0.2) is 0 Å². The van der Waals surface area contributed by atoms with Crippen molar-refractivity contribution in [1.29, 1.82) is 5.26 Å². The Bertz CT molecular complexity index is 994. The second-order valence-corrected chi connectivity index (χ2v) is 8.03. The number of hydrogen-bond donors (Lipinski definition) is 0. The van der Waals surface area contributed by atoms with Gasteiger partial charge in [0, 0.05) is 9.75 Å². The van der Waals surface area contributed by atoms with E-state index in [9.17, 15) is 5.26 Å². The Morgan fingerprint density at radius 3 is 2.69 bits per heavy atom. The van der Waals surface area contributed by atoms with Crippen molar-refractivity contribution in [2.75, 3.05) is 0 Å². The molecule has 2 nitrogen and oxygen atoms in total. The molecule has 0 saturated heterocycles. The summed E-state index contributed by atoms with van der Waals surface area (Å²) in [6.45, 7) is 3.94. The average Bonchev–Trinajstić information content (AvgIpc) is 3.30. The lowest BCUT2D eigenvalue weighted by Crippen LogP contribution is -2.06. The first-order valence-corrected chi connectivity index (χ1v) is 9.89. The molecule has 0 amide bonds. The van der Waals surface area contributed by atoms with Gasteiger partial charge in [-0.15, -0.1) is 11.3 Å². The Hall–Kier alpha value is -2.57. The molecule has 130 valence electrons. The molecule has 0 spiro atoms. The van der Waals surface area contributed by atoms with Crippen LogP contribution in [0.2, 0.25) is 0 Å². The summed E-state index contributed by atoms with van der Waals surface area (Å²) in [7, 11) is 0. The second-order valence-electron chi connectivity index (χ2n) is 6.95. The molecule has 1 aromatic heterocycles. The molecule has 0 radical (unpaired) electrons. The fourth-order valence-electron chi connectivity index (χ4n) is 3.62. The van der Waals surface area contributed by atoms with Gasteiger partial charge in [0.25, 0.3) is 0 Å². The Balaban J connectivity index is 1.69. The van der Waals surface area contributed by atoms with Crippen molar-refractivity contribution in [2.24, 2.45) is 0 Å². The zero-order chi connectivity index (χ0) is 18.1. The largest absolute Gasteiger partial charge is 0.490 e. The molecule has 0 N–H and O–H groups in total. The summed E-state index contributed by atoms with van der Waals surface area (Å²) in [4.78, 5) is 2.49. The van der Waals surface area contributed by atoms with Crippen LogP contribution >= 0.6 is 11.3 Å². The zero-order valence-electron chi connectivity index (χ0n) is 15.1. The molecule has 0 saturated carbocycles. The van der Waals surface area contributed by atoms with Gasteiger partial charge in [-0.2, -0.15) is 5.26 Å². The van der Waals surface area contributed by atoms with E-state index in [2.05, 4.69) is 36.4 Å². The van der Waals surface area contributed by atoms with Gasteiger partial charge in [0.1, 0.15) is 11.8 Å². The Kier molecular flexibility index (Phi) is 4.53. The molecule has 3 aromatic rings. The molecule has 26 heavy (non-hydrogen) atoms. The third kappa shape index (κ3) is 3.13. The summed E-state index contributed by atoms with van der Waals surface area (Å²) in [5, 5.41) is 9.47. The summed E-state index contributed by atoms with van der Waals surface area (Å²) in [5.74, 6) is 0.656. The number of ether oxygens (including phenoxy) is 1. The van der Waals surface area contributed by atoms with Gasteiger partial charge >= 0.3 is 0 Å². The molecule has 1 heterocycles. The van der Waals surface area contributed by atoms with Crippen LogP contribution in [0.5, 0.6) is 5.75 Å². The second kappa shape index (κ2) is 6.97. The fraction of sp³-hybridized carbons (Fsp3) is 0.261. The monoisotopic (exact) mass is 359 g/mol. The van der Waals surface area contributed by atoms with E-state index in [0.717, 1.165) is 5.56 Å². The first-order valence-electron chi connectivity index (χ1n) is 9.08. The van der Waals surface area contributed by atoms with E-state index in [0.29, 0.717) is 11.3 Å². The quantitative estimate of drug-likeness (QED) is 0.553. The smallest absolute Gasteiger partial charge is 0.137 e. The highest BCUT2D eigenvalue weighted by Crippen LogP contribution is 2.39. The van der Waals surface area contributed by atoms with Crippen LogP contribution in [0.25, 0.3) is 20.9 Å². The van der Waals surface area contributed by atoms with Crippen LogP contribution in [0, 0.1) is 11.3 Å². The van der Waals surface area contributed by atoms with E-state index in [1.807, 2.05) is 32.0 Å². The minimum Gasteiger partial charge on any atom is -0.490 e. The topological polar surface area (TPSA) is 33.0 Å². The van der Waals surface area contributed by atoms with E-state index < -0.39 is 0 Å². The first kappa shape index (κ1) is 16.9. The van der Waals surface area contributed by atoms with E-state index in [1.165, 1.54) is 45.7 Å². The SMILES string of the molecule is CC(C)Oc1ccc(-c2ccc(-c3cccc4c3CCC4)s2)cc1C#N. The number of fused-ring (bicyclic) bond motifs is 1. The van der Waals surface area contributed by atoms with E-state index in [-0.39, 0.29) is 6.10 Å². The normalized spacial score (nSPS) is 12.8. The number of aryl methyl sites for hydroxylation is 1. The van der Waals surface area contributed by atoms with Crippen molar-refractivity contribution in [2.45, 2.75) is 39.2 Å². The molecule has 1 aliphatic carbocycles. The van der Waals surface area contributed by atoms with E-state index >= 15 is 0 Å². The predicted octanol–water partition coefficient (Wildman–Crippen LogP) is 6.23. The van der Waals surface area contributed by atoms with Crippen molar-refractivity contribution in [3.63, 3.8) is 0 Å². The summed E-state index contributed by atoms with van der Waals surface area (Å²) >= 11 is 1.79. The van der Waals surface area contributed by atoms with Crippen LogP contribution in [0.1, 0.15) is 37.0 Å². The van der Waals surface area contributed by atoms with Crippen molar-refractivity contribution < 1.29 is 4.74 Å². The standard InChI is InChI=1S/C23H21NOS/c1-15(2)25-21-10-9-17(13-18(21)14-24)22-11-12-23(26-22)20-8-4-6-16-5-3-7-19(16)20/h4,6,8-13,15H,3,5,7H2,1-2H3. The van der Waals surface area contributed by atoms with Crippen LogP contribution in [-0.4, -0.2) is 6.10 Å². The maximum Gasteiger partial charge on any atom is 0.137 e. The molecule has 2 aromatic carbocycles. The van der Waals surface area contributed by atoms with Crippen molar-refractivity contribution >= 4 is 11.3 Å². The van der Waals surface area contributed by atoms with Gasteiger partial charge in [-0.25, -0.2) is 0 Å². The molecule has 1 aliphatic rings. The third-order valence-corrected chi connectivity index (χ3v) is 5.93. The summed E-state index contributed by atoms with van der Waals surface area (Å²) in [6.07, 6.45) is 3.69. The molecule has 0 atom stereocenters. The lowest BCUT2D eigenvalue weighted by atomic mass is 10.0. The molecule has 3 heteroatoms. The van der Waals surface area contributed by atoms with Crippen LogP contribution in [0.3, 0.4) is 0 Å². The zero-order valence-corrected chi connectivity index (χ0v) is 15.9. The number of nitrogens with zero attached hydrogens (tertiary/aromatic N) is 1. The molecule has 0 aliphatic heterocycles. The van der Waals surface area contributed by atoms with Crippen LogP contribution in [0.15, 0.2) is 48.5 Å². The lowest BCUT2D eigenvalue weighted by molar-refractivity contribution is 0.242. The number of nitriles is 1. The minimum atomic E-state index is 0.0569. The summed E-state index contributed by atoms with van der Waals surface area (Å²) in [5.41, 5.74) is 6.04.